The third-order valence-electron chi connectivity index (χ3n) is 5.22. The van der Waals surface area contributed by atoms with Crippen LogP contribution in [0.15, 0.2) is 56.8 Å². The molecule has 3 aromatic rings. The number of rotatable bonds is 8. The SMILES string of the molecule is CCOC(=O)C1=C(C)N=c2s/c(=C\c3cccs3)c(=O)n2C1c1ccc(OCC)c(OCC)c1. The van der Waals surface area contributed by atoms with Crippen molar-refractivity contribution in [2.75, 3.05) is 19.8 Å². The van der Waals surface area contributed by atoms with Crippen molar-refractivity contribution in [3.05, 3.63) is 77.1 Å². The van der Waals surface area contributed by atoms with Crippen LogP contribution in [0.4, 0.5) is 0 Å². The van der Waals surface area contributed by atoms with Gasteiger partial charge >= 0.3 is 5.97 Å². The van der Waals surface area contributed by atoms with Crippen molar-refractivity contribution in [2.45, 2.75) is 33.7 Å². The first-order chi connectivity index (χ1) is 16.5. The summed E-state index contributed by atoms with van der Waals surface area (Å²) in [5.74, 6) is 0.671. The quantitative estimate of drug-likeness (QED) is 0.443. The number of thiophene rings is 1. The predicted octanol–water partition coefficient (Wildman–Crippen LogP) is 3.66. The number of aromatic nitrogens is 1. The molecule has 2 aromatic heterocycles. The molecule has 0 radical (unpaired) electrons. The summed E-state index contributed by atoms with van der Waals surface area (Å²) in [5.41, 5.74) is 1.37. The highest BCUT2D eigenvalue weighted by Crippen LogP contribution is 2.36. The van der Waals surface area contributed by atoms with Crippen molar-refractivity contribution in [2.24, 2.45) is 4.99 Å². The summed E-state index contributed by atoms with van der Waals surface area (Å²) in [7, 11) is 0. The topological polar surface area (TPSA) is 79.1 Å². The van der Waals surface area contributed by atoms with Crippen LogP contribution >= 0.6 is 22.7 Å². The van der Waals surface area contributed by atoms with Crippen LogP contribution in [0, 0.1) is 0 Å². The van der Waals surface area contributed by atoms with Crippen molar-refractivity contribution < 1.29 is 19.0 Å². The summed E-state index contributed by atoms with van der Waals surface area (Å²) in [4.78, 5) is 32.8. The number of fused-ring (bicyclic) bond motifs is 1. The standard InChI is InChI=1S/C25H26N2O5S2/c1-5-30-18-11-10-16(13-19(18)31-6-2)22-21(24(29)32-7-3)15(4)26-25-27(22)23(28)20(34-25)14-17-9-8-12-33-17/h8-14,22H,5-7H2,1-4H3/b20-14-. The number of carbonyl (C=O) groups is 1. The summed E-state index contributed by atoms with van der Waals surface area (Å²) in [6.07, 6.45) is 1.86. The average molecular weight is 499 g/mol. The summed E-state index contributed by atoms with van der Waals surface area (Å²) in [6, 6.07) is 8.69. The molecular formula is C25H26N2O5S2. The fourth-order valence-corrected chi connectivity index (χ4v) is 5.62. The zero-order valence-electron chi connectivity index (χ0n) is 19.5. The molecule has 7 nitrogen and oxygen atoms in total. The highest BCUT2D eigenvalue weighted by molar-refractivity contribution is 7.11. The van der Waals surface area contributed by atoms with Gasteiger partial charge < -0.3 is 14.2 Å². The van der Waals surface area contributed by atoms with E-state index in [1.165, 1.54) is 11.3 Å². The minimum atomic E-state index is -0.698. The van der Waals surface area contributed by atoms with Crippen LogP contribution in [-0.2, 0) is 9.53 Å². The average Bonchev–Trinajstić information content (AvgIpc) is 3.43. The van der Waals surface area contributed by atoms with E-state index in [1.807, 2.05) is 55.6 Å². The molecule has 9 heteroatoms. The Morgan fingerprint density at radius 1 is 1.12 bits per heavy atom. The summed E-state index contributed by atoms with van der Waals surface area (Å²) in [6.45, 7) is 8.48. The van der Waals surface area contributed by atoms with E-state index < -0.39 is 12.0 Å². The molecule has 0 fully saturated rings. The molecule has 0 saturated heterocycles. The zero-order chi connectivity index (χ0) is 24.2. The molecule has 0 N–H and O–H groups in total. The number of ether oxygens (including phenoxy) is 3. The van der Waals surface area contributed by atoms with Crippen LogP contribution in [0.1, 0.15) is 44.2 Å². The van der Waals surface area contributed by atoms with Crippen LogP contribution in [0.25, 0.3) is 6.08 Å². The minimum absolute atomic E-state index is 0.205. The van der Waals surface area contributed by atoms with Crippen LogP contribution < -0.4 is 24.4 Å². The Labute approximate surface area is 205 Å². The minimum Gasteiger partial charge on any atom is -0.490 e. The molecule has 1 aliphatic rings. The van der Waals surface area contributed by atoms with Gasteiger partial charge in [-0.3, -0.25) is 9.36 Å². The lowest BCUT2D eigenvalue weighted by atomic mass is 9.95. The van der Waals surface area contributed by atoms with Gasteiger partial charge in [-0.25, -0.2) is 9.79 Å². The summed E-state index contributed by atoms with van der Waals surface area (Å²) < 4.78 is 19.0. The third kappa shape index (κ3) is 4.58. The largest absolute Gasteiger partial charge is 0.490 e. The van der Waals surface area contributed by atoms with Gasteiger partial charge in [-0.05, 0) is 62.9 Å². The number of allylic oxidation sites excluding steroid dienone is 1. The maximum Gasteiger partial charge on any atom is 0.338 e. The van der Waals surface area contributed by atoms with E-state index in [1.54, 1.807) is 29.8 Å². The van der Waals surface area contributed by atoms with E-state index in [-0.39, 0.29) is 12.2 Å². The van der Waals surface area contributed by atoms with Crippen LogP contribution in [0.3, 0.4) is 0 Å². The summed E-state index contributed by atoms with van der Waals surface area (Å²) >= 11 is 2.86. The Morgan fingerprint density at radius 2 is 1.88 bits per heavy atom. The lowest BCUT2D eigenvalue weighted by molar-refractivity contribution is -0.139. The lowest BCUT2D eigenvalue weighted by Gasteiger charge is -2.25. The van der Waals surface area contributed by atoms with Crippen molar-refractivity contribution in [1.29, 1.82) is 0 Å². The van der Waals surface area contributed by atoms with Gasteiger partial charge in [0.2, 0.25) is 0 Å². The third-order valence-corrected chi connectivity index (χ3v) is 7.02. The molecule has 3 heterocycles. The van der Waals surface area contributed by atoms with Crippen LogP contribution in [0.2, 0.25) is 0 Å². The Kier molecular flexibility index (Phi) is 7.33. The van der Waals surface area contributed by atoms with Gasteiger partial charge in [-0.15, -0.1) is 11.3 Å². The lowest BCUT2D eigenvalue weighted by Crippen LogP contribution is -2.39. The van der Waals surface area contributed by atoms with Gasteiger partial charge in [0.1, 0.15) is 0 Å². The number of hydrogen-bond donors (Lipinski definition) is 0. The van der Waals surface area contributed by atoms with Crippen molar-refractivity contribution in [3.8, 4) is 11.5 Å². The molecule has 0 spiro atoms. The molecule has 0 saturated carbocycles. The van der Waals surface area contributed by atoms with Crippen molar-refractivity contribution in [3.63, 3.8) is 0 Å². The molecule has 1 atom stereocenters. The monoisotopic (exact) mass is 498 g/mol. The second kappa shape index (κ2) is 10.4. The number of hydrogen-bond acceptors (Lipinski definition) is 8. The fourth-order valence-electron chi connectivity index (χ4n) is 3.85. The van der Waals surface area contributed by atoms with Crippen molar-refractivity contribution in [1.82, 2.24) is 4.57 Å². The normalized spacial score (nSPS) is 15.6. The Hall–Kier alpha value is -3.17. The molecule has 178 valence electrons. The second-order valence-electron chi connectivity index (χ2n) is 7.39. The zero-order valence-corrected chi connectivity index (χ0v) is 21.1. The molecule has 4 rings (SSSR count). The number of carbonyl (C=O) groups excluding carboxylic acids is 1. The van der Waals surface area contributed by atoms with E-state index in [2.05, 4.69) is 4.99 Å². The van der Waals surface area contributed by atoms with Crippen LogP contribution in [0.5, 0.6) is 11.5 Å². The smallest absolute Gasteiger partial charge is 0.338 e. The molecule has 0 bridgehead atoms. The molecule has 1 unspecified atom stereocenters. The number of esters is 1. The first kappa shape index (κ1) is 24.0. The van der Waals surface area contributed by atoms with E-state index >= 15 is 0 Å². The molecule has 1 aromatic carbocycles. The molecule has 1 aliphatic heterocycles. The molecular weight excluding hydrogens is 472 g/mol. The first-order valence-corrected chi connectivity index (χ1v) is 12.8. The number of nitrogens with zero attached hydrogens (tertiary/aromatic N) is 2. The Balaban J connectivity index is 1.95. The first-order valence-electron chi connectivity index (χ1n) is 11.1. The predicted molar refractivity (Wildman–Crippen MR) is 133 cm³/mol. The van der Waals surface area contributed by atoms with Gasteiger partial charge in [0.25, 0.3) is 5.56 Å². The van der Waals surface area contributed by atoms with Gasteiger partial charge in [0.05, 0.1) is 41.7 Å². The van der Waals surface area contributed by atoms with Gasteiger partial charge in [0.15, 0.2) is 16.3 Å². The van der Waals surface area contributed by atoms with E-state index in [0.717, 1.165) is 4.88 Å². The number of benzene rings is 1. The van der Waals surface area contributed by atoms with E-state index in [9.17, 15) is 9.59 Å². The summed E-state index contributed by atoms with van der Waals surface area (Å²) in [5, 5.41) is 1.96. The van der Waals surface area contributed by atoms with Crippen LogP contribution in [-0.4, -0.2) is 30.4 Å². The second-order valence-corrected chi connectivity index (χ2v) is 9.38. The van der Waals surface area contributed by atoms with Gasteiger partial charge in [-0.2, -0.15) is 0 Å². The van der Waals surface area contributed by atoms with E-state index in [0.29, 0.717) is 50.9 Å². The highest BCUT2D eigenvalue weighted by Gasteiger charge is 2.34. The molecule has 0 aliphatic carbocycles. The van der Waals surface area contributed by atoms with Gasteiger partial charge in [0, 0.05) is 4.88 Å². The van der Waals surface area contributed by atoms with E-state index in [4.69, 9.17) is 14.2 Å². The Morgan fingerprint density at radius 3 is 2.56 bits per heavy atom. The maximum atomic E-state index is 13.6. The number of thiazole rings is 1. The highest BCUT2D eigenvalue weighted by atomic mass is 32.1. The molecule has 34 heavy (non-hydrogen) atoms. The molecule has 0 amide bonds. The van der Waals surface area contributed by atoms with Crippen molar-refractivity contribution >= 4 is 34.7 Å². The Bertz CT molecular complexity index is 1400. The van der Waals surface area contributed by atoms with Gasteiger partial charge in [-0.1, -0.05) is 23.5 Å². The maximum absolute atomic E-state index is 13.6. The fraction of sp³-hybridized carbons (Fsp3) is 0.320.